The zero-order chi connectivity index (χ0) is 15.1. The number of ether oxygens (including phenoxy) is 1. The number of hydrogen-bond donors (Lipinski definition) is 2. The Morgan fingerprint density at radius 1 is 1.40 bits per heavy atom. The van der Waals surface area contributed by atoms with Gasteiger partial charge in [0.15, 0.2) is 0 Å². The average molecular weight is 280 g/mol. The standard InChI is InChI=1S/C14H20N2O4/c1-4-20-14(19)10-5-6-12(15-8-10)16-11(13(17)18)7-9(2)3/h5-6,8-9,11H,4,7H2,1-3H3,(H,15,16)(H,17,18)/t11-/m1/s1. The summed E-state index contributed by atoms with van der Waals surface area (Å²) in [7, 11) is 0. The maximum Gasteiger partial charge on any atom is 0.339 e. The molecule has 0 saturated heterocycles. The van der Waals surface area contributed by atoms with Gasteiger partial charge in [-0.15, -0.1) is 0 Å². The number of carboxylic acid groups (broad SMARTS) is 1. The third kappa shape index (κ3) is 4.87. The maximum atomic E-state index is 11.5. The summed E-state index contributed by atoms with van der Waals surface area (Å²) in [5.74, 6) is -0.688. The van der Waals surface area contributed by atoms with E-state index in [9.17, 15) is 9.59 Å². The fraction of sp³-hybridized carbons (Fsp3) is 0.500. The Kier molecular flexibility index (Phi) is 5.96. The number of hydrogen-bond acceptors (Lipinski definition) is 5. The number of aliphatic carboxylic acids is 1. The van der Waals surface area contributed by atoms with Crippen LogP contribution in [0.4, 0.5) is 5.82 Å². The Bertz CT molecular complexity index is 457. The molecule has 1 heterocycles. The van der Waals surface area contributed by atoms with Crippen LogP contribution in [0.25, 0.3) is 0 Å². The summed E-state index contributed by atoms with van der Waals surface area (Å²) in [6, 6.07) is 2.43. The minimum Gasteiger partial charge on any atom is -0.480 e. The third-order valence-electron chi connectivity index (χ3n) is 2.60. The molecular formula is C14H20N2O4. The molecule has 1 atom stereocenters. The first-order valence-corrected chi connectivity index (χ1v) is 6.56. The molecule has 0 amide bonds. The summed E-state index contributed by atoms with van der Waals surface area (Å²) in [5.41, 5.74) is 0.341. The van der Waals surface area contributed by atoms with E-state index in [1.54, 1.807) is 19.1 Å². The van der Waals surface area contributed by atoms with Crippen molar-refractivity contribution in [3.8, 4) is 0 Å². The number of carbonyl (C=O) groups is 2. The van der Waals surface area contributed by atoms with Gasteiger partial charge in [-0.05, 0) is 31.4 Å². The molecule has 20 heavy (non-hydrogen) atoms. The van der Waals surface area contributed by atoms with Crippen molar-refractivity contribution in [3.63, 3.8) is 0 Å². The first-order valence-electron chi connectivity index (χ1n) is 6.56. The number of esters is 1. The molecule has 0 unspecified atom stereocenters. The Balaban J connectivity index is 2.72. The Morgan fingerprint density at radius 2 is 2.10 bits per heavy atom. The van der Waals surface area contributed by atoms with Crippen LogP contribution in [0.5, 0.6) is 0 Å². The fourth-order valence-electron chi connectivity index (χ4n) is 1.69. The van der Waals surface area contributed by atoms with E-state index in [0.29, 0.717) is 24.4 Å². The van der Waals surface area contributed by atoms with Crippen molar-refractivity contribution < 1.29 is 19.4 Å². The Morgan fingerprint density at radius 3 is 2.55 bits per heavy atom. The van der Waals surface area contributed by atoms with Crippen LogP contribution in [0.1, 0.15) is 37.6 Å². The largest absolute Gasteiger partial charge is 0.480 e. The molecule has 2 N–H and O–H groups in total. The number of carbonyl (C=O) groups excluding carboxylic acids is 1. The van der Waals surface area contributed by atoms with Crippen LogP contribution >= 0.6 is 0 Å². The van der Waals surface area contributed by atoms with Crippen LogP contribution in [0.15, 0.2) is 18.3 Å². The van der Waals surface area contributed by atoms with Gasteiger partial charge in [-0.1, -0.05) is 13.8 Å². The Hall–Kier alpha value is -2.11. The molecule has 0 aliphatic carbocycles. The van der Waals surface area contributed by atoms with E-state index in [0.717, 1.165) is 0 Å². The number of nitrogens with one attached hydrogen (secondary N) is 1. The van der Waals surface area contributed by atoms with Gasteiger partial charge in [0.1, 0.15) is 11.9 Å². The zero-order valence-electron chi connectivity index (χ0n) is 11.9. The lowest BCUT2D eigenvalue weighted by atomic mass is 10.0. The lowest BCUT2D eigenvalue weighted by molar-refractivity contribution is -0.138. The van der Waals surface area contributed by atoms with E-state index < -0.39 is 18.0 Å². The predicted molar refractivity (Wildman–Crippen MR) is 74.7 cm³/mol. The highest BCUT2D eigenvalue weighted by Crippen LogP contribution is 2.12. The summed E-state index contributed by atoms with van der Waals surface area (Å²) in [6.07, 6.45) is 1.87. The summed E-state index contributed by atoms with van der Waals surface area (Å²) < 4.78 is 4.85. The van der Waals surface area contributed by atoms with Gasteiger partial charge in [-0.2, -0.15) is 0 Å². The number of rotatable bonds is 7. The molecule has 110 valence electrons. The highest BCUT2D eigenvalue weighted by molar-refractivity contribution is 5.89. The second-order valence-electron chi connectivity index (χ2n) is 4.82. The number of nitrogens with zero attached hydrogens (tertiary/aromatic N) is 1. The molecule has 0 aromatic carbocycles. The highest BCUT2D eigenvalue weighted by atomic mass is 16.5. The molecule has 0 bridgehead atoms. The van der Waals surface area contributed by atoms with Gasteiger partial charge in [-0.3, -0.25) is 0 Å². The molecule has 0 aliphatic rings. The summed E-state index contributed by atoms with van der Waals surface area (Å²) in [6.45, 7) is 5.93. The van der Waals surface area contributed by atoms with Crippen molar-refractivity contribution in [2.24, 2.45) is 5.92 Å². The summed E-state index contributed by atoms with van der Waals surface area (Å²) >= 11 is 0. The van der Waals surface area contributed by atoms with Gasteiger partial charge in [0.05, 0.1) is 12.2 Å². The molecule has 1 aromatic rings. The number of anilines is 1. The van der Waals surface area contributed by atoms with Crippen LogP contribution in [-0.2, 0) is 9.53 Å². The van der Waals surface area contributed by atoms with E-state index in [1.807, 2.05) is 13.8 Å². The van der Waals surface area contributed by atoms with Crippen LogP contribution < -0.4 is 5.32 Å². The van der Waals surface area contributed by atoms with Crippen molar-refractivity contribution in [2.45, 2.75) is 33.2 Å². The SMILES string of the molecule is CCOC(=O)c1ccc(N[C@H](CC(C)C)C(=O)O)nc1. The van der Waals surface area contributed by atoms with Crippen LogP contribution in [0.3, 0.4) is 0 Å². The monoisotopic (exact) mass is 280 g/mol. The lowest BCUT2D eigenvalue weighted by Crippen LogP contribution is -2.31. The molecule has 6 nitrogen and oxygen atoms in total. The molecular weight excluding hydrogens is 260 g/mol. The van der Waals surface area contributed by atoms with Gasteiger partial charge < -0.3 is 15.2 Å². The summed E-state index contributed by atoms with van der Waals surface area (Å²) in [4.78, 5) is 26.6. The average Bonchev–Trinajstić information content (AvgIpc) is 2.38. The van der Waals surface area contributed by atoms with Gasteiger partial charge in [0.25, 0.3) is 0 Å². The first kappa shape index (κ1) is 15.9. The number of carboxylic acids is 1. The van der Waals surface area contributed by atoms with E-state index in [4.69, 9.17) is 9.84 Å². The quantitative estimate of drug-likeness (QED) is 0.744. The first-order chi connectivity index (χ1) is 9.43. The lowest BCUT2D eigenvalue weighted by Gasteiger charge is -2.17. The number of aromatic nitrogens is 1. The molecule has 0 radical (unpaired) electrons. The fourth-order valence-corrected chi connectivity index (χ4v) is 1.69. The van der Waals surface area contributed by atoms with Crippen LogP contribution in [0, 0.1) is 5.92 Å². The second kappa shape index (κ2) is 7.47. The molecule has 1 aromatic heterocycles. The van der Waals surface area contributed by atoms with Crippen LogP contribution in [0.2, 0.25) is 0 Å². The molecule has 0 saturated carbocycles. The topological polar surface area (TPSA) is 88.5 Å². The molecule has 6 heteroatoms. The van der Waals surface area contributed by atoms with Crippen LogP contribution in [-0.4, -0.2) is 34.7 Å². The number of pyridine rings is 1. The second-order valence-corrected chi connectivity index (χ2v) is 4.82. The smallest absolute Gasteiger partial charge is 0.339 e. The van der Waals surface area contributed by atoms with E-state index >= 15 is 0 Å². The molecule has 0 spiro atoms. The van der Waals surface area contributed by atoms with E-state index in [-0.39, 0.29) is 5.92 Å². The Labute approximate surface area is 118 Å². The van der Waals surface area contributed by atoms with E-state index in [1.165, 1.54) is 6.20 Å². The normalized spacial score (nSPS) is 12.0. The van der Waals surface area contributed by atoms with Crippen molar-refractivity contribution >= 4 is 17.8 Å². The van der Waals surface area contributed by atoms with Crippen molar-refractivity contribution in [1.82, 2.24) is 4.98 Å². The van der Waals surface area contributed by atoms with Crippen molar-refractivity contribution in [1.29, 1.82) is 0 Å². The van der Waals surface area contributed by atoms with Crippen molar-refractivity contribution in [2.75, 3.05) is 11.9 Å². The van der Waals surface area contributed by atoms with Gasteiger partial charge >= 0.3 is 11.9 Å². The zero-order valence-corrected chi connectivity index (χ0v) is 11.9. The van der Waals surface area contributed by atoms with Gasteiger partial charge in [0, 0.05) is 6.20 Å². The third-order valence-corrected chi connectivity index (χ3v) is 2.60. The van der Waals surface area contributed by atoms with E-state index in [2.05, 4.69) is 10.3 Å². The minimum atomic E-state index is -0.921. The molecule has 0 fully saturated rings. The van der Waals surface area contributed by atoms with Gasteiger partial charge in [0.2, 0.25) is 0 Å². The maximum absolute atomic E-state index is 11.5. The minimum absolute atomic E-state index is 0.252. The molecule has 1 rings (SSSR count). The highest BCUT2D eigenvalue weighted by Gasteiger charge is 2.19. The summed E-state index contributed by atoms with van der Waals surface area (Å²) in [5, 5.41) is 12.0. The van der Waals surface area contributed by atoms with Gasteiger partial charge in [-0.25, -0.2) is 14.6 Å². The molecule has 0 aliphatic heterocycles. The van der Waals surface area contributed by atoms with Crippen molar-refractivity contribution in [3.05, 3.63) is 23.9 Å². The predicted octanol–water partition coefficient (Wildman–Crippen LogP) is 2.17.